The van der Waals surface area contributed by atoms with Crippen LogP contribution in [0.4, 0.5) is 4.79 Å². The molecule has 2 atom stereocenters. The third-order valence-electron chi connectivity index (χ3n) is 5.49. The molecule has 0 aliphatic carbocycles. The molecule has 1 aliphatic heterocycles. The van der Waals surface area contributed by atoms with Crippen molar-refractivity contribution in [2.24, 2.45) is 5.92 Å². The van der Waals surface area contributed by atoms with Crippen molar-refractivity contribution in [1.82, 2.24) is 4.90 Å². The minimum atomic E-state index is -1.93. The zero-order valence-electron chi connectivity index (χ0n) is 16.7. The van der Waals surface area contributed by atoms with E-state index >= 15 is 0 Å². The number of piperidine rings is 1. The third-order valence-corrected chi connectivity index (χ3v) is 10.0. The highest BCUT2D eigenvalue weighted by Gasteiger charge is 2.41. The minimum absolute atomic E-state index is 0.0304. The Morgan fingerprint density at radius 2 is 1.88 bits per heavy atom. The Hall–Kier alpha value is -1.37. The van der Waals surface area contributed by atoms with Crippen LogP contribution in [0, 0.1) is 5.92 Å². The second-order valence-electron chi connectivity index (χ2n) is 8.73. The van der Waals surface area contributed by atoms with Gasteiger partial charge in [-0.05, 0) is 30.1 Å². The van der Waals surface area contributed by atoms with Crippen LogP contribution in [0.1, 0.15) is 32.8 Å². The van der Waals surface area contributed by atoms with Gasteiger partial charge in [0, 0.05) is 25.6 Å². The van der Waals surface area contributed by atoms with Crippen molar-refractivity contribution >= 4 is 14.4 Å². The summed E-state index contributed by atoms with van der Waals surface area (Å²) in [6.45, 7) is 12.4. The van der Waals surface area contributed by atoms with Crippen LogP contribution in [0.25, 0.3) is 0 Å². The number of nitrogens with zero attached hydrogens (tertiary/aromatic N) is 1. The second-order valence-corrected chi connectivity index (χ2v) is 13.5. The first-order chi connectivity index (χ1) is 12.1. The molecule has 1 N–H and O–H groups in total. The lowest BCUT2D eigenvalue weighted by molar-refractivity contribution is 0.0175. The van der Waals surface area contributed by atoms with Gasteiger partial charge in [0.2, 0.25) is 0 Å². The van der Waals surface area contributed by atoms with Crippen molar-refractivity contribution in [3.05, 3.63) is 35.9 Å². The lowest BCUT2D eigenvalue weighted by atomic mass is 9.97. The number of carbonyl (C=O) groups excluding carboxylic acids is 1. The van der Waals surface area contributed by atoms with E-state index in [4.69, 9.17) is 9.16 Å². The molecular weight excluding hydrogens is 346 g/mol. The van der Waals surface area contributed by atoms with Crippen molar-refractivity contribution in [1.29, 1.82) is 0 Å². The molecule has 0 spiro atoms. The van der Waals surface area contributed by atoms with Gasteiger partial charge < -0.3 is 19.2 Å². The van der Waals surface area contributed by atoms with E-state index in [2.05, 4.69) is 33.9 Å². The number of rotatable bonds is 5. The minimum Gasteiger partial charge on any atom is -0.445 e. The SMILES string of the molecule is CC(C)(C)[Si](C)(C)O[C@H]1C[C@@H](CO)CN(C(=O)OCc2ccccc2)C1. The van der Waals surface area contributed by atoms with E-state index in [0.717, 1.165) is 12.0 Å². The van der Waals surface area contributed by atoms with Crippen LogP contribution in [0.3, 0.4) is 0 Å². The molecule has 0 aromatic heterocycles. The van der Waals surface area contributed by atoms with E-state index in [1.807, 2.05) is 30.3 Å². The Kier molecular flexibility index (Phi) is 6.88. The number of amides is 1. The fourth-order valence-corrected chi connectivity index (χ4v) is 4.28. The zero-order chi connectivity index (χ0) is 19.4. The molecular formula is C20H33NO4Si. The highest BCUT2D eigenvalue weighted by Crippen LogP contribution is 2.38. The molecule has 5 nitrogen and oxygen atoms in total. The van der Waals surface area contributed by atoms with Gasteiger partial charge in [-0.25, -0.2) is 4.79 Å². The fourth-order valence-electron chi connectivity index (χ4n) is 2.92. The maximum atomic E-state index is 12.5. The molecule has 2 rings (SSSR count). The molecule has 0 radical (unpaired) electrons. The van der Waals surface area contributed by atoms with Crippen LogP contribution in [-0.4, -0.2) is 50.2 Å². The second kappa shape index (κ2) is 8.54. The van der Waals surface area contributed by atoms with Crippen molar-refractivity contribution in [2.45, 2.75) is 58.0 Å². The standard InChI is InChI=1S/C20H33NO4Si/c1-20(2,3)26(4,5)25-18-11-17(14-22)12-21(13-18)19(23)24-15-16-9-7-6-8-10-16/h6-10,17-18,22H,11-15H2,1-5H3/t17-,18+/m1/s1. The van der Waals surface area contributed by atoms with Crippen LogP contribution in [0.15, 0.2) is 30.3 Å². The van der Waals surface area contributed by atoms with Crippen LogP contribution in [-0.2, 0) is 15.8 Å². The number of aliphatic hydroxyl groups is 1. The number of hydrogen-bond donors (Lipinski definition) is 1. The summed E-state index contributed by atoms with van der Waals surface area (Å²) in [5.41, 5.74) is 0.964. The first kappa shape index (κ1) is 20.9. The molecule has 1 amide bonds. The molecule has 26 heavy (non-hydrogen) atoms. The highest BCUT2D eigenvalue weighted by atomic mass is 28.4. The Bertz CT molecular complexity index is 585. The number of benzene rings is 1. The monoisotopic (exact) mass is 379 g/mol. The van der Waals surface area contributed by atoms with Crippen LogP contribution in [0.2, 0.25) is 18.1 Å². The maximum absolute atomic E-state index is 12.5. The molecule has 1 aromatic rings. The summed E-state index contributed by atoms with van der Waals surface area (Å²) in [7, 11) is -1.93. The Morgan fingerprint density at radius 3 is 2.46 bits per heavy atom. The van der Waals surface area contributed by atoms with E-state index < -0.39 is 8.32 Å². The van der Waals surface area contributed by atoms with Crippen molar-refractivity contribution in [3.63, 3.8) is 0 Å². The number of hydrogen-bond acceptors (Lipinski definition) is 4. The lowest BCUT2D eigenvalue weighted by Crippen LogP contribution is -2.53. The van der Waals surface area contributed by atoms with Crippen LogP contribution in [0.5, 0.6) is 0 Å². The molecule has 6 heteroatoms. The van der Waals surface area contributed by atoms with E-state index in [9.17, 15) is 9.90 Å². The molecule has 1 aliphatic rings. The largest absolute Gasteiger partial charge is 0.445 e. The zero-order valence-corrected chi connectivity index (χ0v) is 17.7. The fraction of sp³-hybridized carbons (Fsp3) is 0.650. The Labute approximate surface area is 158 Å². The predicted molar refractivity (Wildman–Crippen MR) is 105 cm³/mol. The smallest absolute Gasteiger partial charge is 0.410 e. The van der Waals surface area contributed by atoms with Gasteiger partial charge in [0.1, 0.15) is 6.61 Å². The van der Waals surface area contributed by atoms with Gasteiger partial charge in [-0.2, -0.15) is 0 Å². The van der Waals surface area contributed by atoms with E-state index in [0.29, 0.717) is 13.1 Å². The van der Waals surface area contributed by atoms with E-state index in [1.54, 1.807) is 4.90 Å². The van der Waals surface area contributed by atoms with Gasteiger partial charge in [-0.1, -0.05) is 51.1 Å². The molecule has 1 fully saturated rings. The van der Waals surface area contributed by atoms with Crippen molar-refractivity contribution < 1.29 is 19.1 Å². The van der Waals surface area contributed by atoms with E-state index in [1.165, 1.54) is 0 Å². The highest BCUT2D eigenvalue weighted by molar-refractivity contribution is 6.74. The Balaban J connectivity index is 1.98. The average Bonchev–Trinajstić information content (AvgIpc) is 2.58. The first-order valence-corrected chi connectivity index (χ1v) is 12.3. The normalized spacial score (nSPS) is 21.5. The van der Waals surface area contributed by atoms with Gasteiger partial charge in [0.25, 0.3) is 0 Å². The van der Waals surface area contributed by atoms with Gasteiger partial charge >= 0.3 is 6.09 Å². The van der Waals surface area contributed by atoms with Crippen LogP contribution >= 0.6 is 0 Å². The number of carbonyl (C=O) groups is 1. The van der Waals surface area contributed by atoms with Gasteiger partial charge in [-0.15, -0.1) is 0 Å². The quantitative estimate of drug-likeness (QED) is 0.785. The van der Waals surface area contributed by atoms with Crippen molar-refractivity contribution in [3.8, 4) is 0 Å². The molecule has 0 bridgehead atoms. The summed E-state index contributed by atoms with van der Waals surface area (Å²) in [5, 5.41) is 9.76. The topological polar surface area (TPSA) is 59.0 Å². The molecule has 0 saturated carbocycles. The number of likely N-dealkylation sites (tertiary alicyclic amines) is 1. The summed E-state index contributed by atoms with van der Waals surface area (Å²) in [4.78, 5) is 14.2. The van der Waals surface area contributed by atoms with Crippen LogP contribution < -0.4 is 0 Å². The average molecular weight is 380 g/mol. The molecule has 1 saturated heterocycles. The van der Waals surface area contributed by atoms with E-state index in [-0.39, 0.29) is 36.4 Å². The summed E-state index contributed by atoms with van der Waals surface area (Å²) in [5.74, 6) is 0.0304. The maximum Gasteiger partial charge on any atom is 0.410 e. The summed E-state index contributed by atoms with van der Waals surface area (Å²) < 4.78 is 12.0. The summed E-state index contributed by atoms with van der Waals surface area (Å²) in [6.07, 6.45) is 0.396. The number of ether oxygens (including phenoxy) is 1. The summed E-state index contributed by atoms with van der Waals surface area (Å²) in [6, 6.07) is 9.65. The molecule has 146 valence electrons. The van der Waals surface area contributed by atoms with Gasteiger partial charge in [0.15, 0.2) is 8.32 Å². The molecule has 0 unspecified atom stereocenters. The third kappa shape index (κ3) is 5.56. The van der Waals surface area contributed by atoms with Gasteiger partial charge in [-0.3, -0.25) is 0 Å². The lowest BCUT2D eigenvalue weighted by Gasteiger charge is -2.43. The first-order valence-electron chi connectivity index (χ1n) is 9.36. The number of aliphatic hydroxyl groups excluding tert-OH is 1. The van der Waals surface area contributed by atoms with Crippen molar-refractivity contribution in [2.75, 3.05) is 19.7 Å². The summed E-state index contributed by atoms with van der Waals surface area (Å²) >= 11 is 0. The predicted octanol–water partition coefficient (Wildman–Crippen LogP) is 4.03. The molecule has 1 heterocycles. The van der Waals surface area contributed by atoms with Gasteiger partial charge in [0.05, 0.1) is 6.10 Å². The Morgan fingerprint density at radius 1 is 1.23 bits per heavy atom. The molecule has 1 aromatic carbocycles.